The van der Waals surface area contributed by atoms with Gasteiger partial charge in [-0.25, -0.2) is 10.4 Å². The van der Waals surface area contributed by atoms with Crippen LogP contribution >= 0.6 is 11.5 Å². The number of carbonyl (C=O) groups is 5. The fourth-order valence-corrected chi connectivity index (χ4v) is 11.3. The third kappa shape index (κ3) is 9.80. The van der Waals surface area contributed by atoms with E-state index in [-0.39, 0.29) is 50.0 Å². The maximum atomic E-state index is 14.7. The summed E-state index contributed by atoms with van der Waals surface area (Å²) in [5, 5.41) is 5.96. The molecule has 1 spiro atoms. The molecule has 9 rings (SSSR count). The van der Waals surface area contributed by atoms with Gasteiger partial charge in [0, 0.05) is 93.5 Å². The number of morpholine rings is 1. The van der Waals surface area contributed by atoms with Crippen LogP contribution in [0.2, 0.25) is 0 Å². The van der Waals surface area contributed by atoms with Crippen LogP contribution in [0.5, 0.6) is 0 Å². The van der Waals surface area contributed by atoms with Crippen molar-refractivity contribution >= 4 is 52.0 Å². The summed E-state index contributed by atoms with van der Waals surface area (Å²) in [6.45, 7) is 14.4. The molecule has 4 saturated heterocycles. The molecular formula is C51H64N10O8S. The third-order valence-electron chi connectivity index (χ3n) is 14.5. The van der Waals surface area contributed by atoms with Crippen molar-refractivity contribution in [2.24, 2.45) is 23.8 Å². The van der Waals surface area contributed by atoms with Crippen molar-refractivity contribution < 1.29 is 38.2 Å². The Kier molecular flexibility index (Phi) is 14.2. The molecule has 18 nitrogen and oxygen atoms in total. The molecule has 0 unspecified atom stereocenters. The molecule has 372 valence electrons. The van der Waals surface area contributed by atoms with E-state index >= 15 is 0 Å². The zero-order valence-electron chi connectivity index (χ0n) is 41.2. The van der Waals surface area contributed by atoms with Crippen molar-refractivity contribution in [2.45, 2.75) is 91.0 Å². The van der Waals surface area contributed by atoms with Crippen molar-refractivity contribution in [2.75, 3.05) is 72.7 Å². The van der Waals surface area contributed by atoms with E-state index in [4.69, 9.17) is 28.6 Å². The van der Waals surface area contributed by atoms with Gasteiger partial charge in [0.15, 0.2) is 5.82 Å². The first-order valence-electron chi connectivity index (χ1n) is 24.4. The molecular weight excluding hydrogens is 913 g/mol. The van der Waals surface area contributed by atoms with E-state index in [1.165, 1.54) is 5.01 Å². The topological polar surface area (TPSA) is 194 Å². The predicted molar refractivity (Wildman–Crippen MR) is 261 cm³/mol. The number of hydrogen-bond donors (Lipinski definition) is 2. The Morgan fingerprint density at radius 2 is 1.86 bits per heavy atom. The summed E-state index contributed by atoms with van der Waals surface area (Å²) in [7, 11) is 3.71. The lowest BCUT2D eigenvalue weighted by molar-refractivity contribution is -0.155. The van der Waals surface area contributed by atoms with Crippen LogP contribution in [0.1, 0.15) is 76.3 Å². The van der Waals surface area contributed by atoms with Gasteiger partial charge in [-0.1, -0.05) is 33.6 Å². The maximum absolute atomic E-state index is 14.7. The number of benzene rings is 1. The SMILES string of the molecule is CO[C@@H](C)c1ncccc1-c1c2c3cc(ccc3n1C)-c1nsc(n1)C[C@H](NC(=O)[C@H](C(C)C)N1CCC3(CN(C(=O)C#CCN4CCOCC4)C3)C1=O)C(=O)N1CCC[C@H](N1)C(=O)OCC(C)(C)C2. The number of hydrogen-bond acceptors (Lipinski definition) is 14. The van der Waals surface area contributed by atoms with Crippen LogP contribution in [0.15, 0.2) is 36.5 Å². The second-order valence-electron chi connectivity index (χ2n) is 20.5. The summed E-state index contributed by atoms with van der Waals surface area (Å²) in [6.07, 6.45) is 3.54. The van der Waals surface area contributed by atoms with Crippen molar-refractivity contribution in [3.63, 3.8) is 0 Å². The lowest BCUT2D eigenvalue weighted by Gasteiger charge is -2.46. The standard InChI is InChI=1S/C51H64N10O8S/c1-31(2)43(60-20-16-51(49(60)66)28-59(29-51)41(62)13-10-18-58-21-23-68-24-22-58)46(63)53-38-26-40-54-45(56-70-40)33-14-15-39-35(25-33)36(44(57(39)6)34-11-8-17-52-42(34)32(3)67-7)27-50(4,5)30-69-48(65)37-12-9-19-61(55-37)47(38)64/h8,11,14-15,17,25,31-32,37-38,43,55H,9,12,16,18-24,26-30H2,1-7H3,(H,53,63)/t32-,37-,38-,43-/m0/s1. The summed E-state index contributed by atoms with van der Waals surface area (Å²) in [5.41, 5.74) is 7.37. The van der Waals surface area contributed by atoms with Crippen molar-refractivity contribution in [1.82, 2.24) is 49.4 Å². The number of nitrogens with zero attached hydrogens (tertiary/aromatic N) is 8. The van der Waals surface area contributed by atoms with E-state index < -0.39 is 46.7 Å². The second-order valence-corrected chi connectivity index (χ2v) is 21.4. The van der Waals surface area contributed by atoms with Gasteiger partial charge in [0.05, 0.1) is 49.3 Å². The molecule has 0 radical (unpaired) electrons. The highest BCUT2D eigenvalue weighted by Gasteiger charge is 2.58. The number of likely N-dealkylation sites (tertiary alicyclic amines) is 2. The lowest BCUT2D eigenvalue weighted by atomic mass is 9.78. The highest BCUT2D eigenvalue weighted by Crippen LogP contribution is 2.43. The minimum atomic E-state index is -1.12. The molecule has 4 amide bonds. The molecule has 5 aliphatic heterocycles. The number of esters is 1. The van der Waals surface area contributed by atoms with Crippen LogP contribution in [0, 0.1) is 28.6 Å². The fourth-order valence-electron chi connectivity index (χ4n) is 10.6. The van der Waals surface area contributed by atoms with Crippen LogP contribution < -0.4 is 10.7 Å². The van der Waals surface area contributed by atoms with Gasteiger partial charge in [0.2, 0.25) is 11.8 Å². The largest absolute Gasteiger partial charge is 0.464 e. The Morgan fingerprint density at radius 3 is 2.61 bits per heavy atom. The first kappa shape index (κ1) is 49.2. The smallest absolute Gasteiger partial charge is 0.324 e. The number of aryl methyl sites for hydroxylation is 1. The Morgan fingerprint density at radius 1 is 1.07 bits per heavy atom. The number of methoxy groups -OCH3 is 1. The van der Waals surface area contributed by atoms with E-state index in [0.29, 0.717) is 69.4 Å². The Hall–Kier alpha value is -5.78. The molecule has 4 fully saturated rings. The molecule has 0 saturated carbocycles. The van der Waals surface area contributed by atoms with Gasteiger partial charge < -0.3 is 33.9 Å². The zero-order chi connectivity index (χ0) is 49.5. The van der Waals surface area contributed by atoms with Crippen LogP contribution in [0.3, 0.4) is 0 Å². The average Bonchev–Trinajstić information content (AvgIpc) is 4.03. The van der Waals surface area contributed by atoms with Gasteiger partial charge in [0.1, 0.15) is 23.1 Å². The second kappa shape index (κ2) is 20.1. The summed E-state index contributed by atoms with van der Waals surface area (Å²) < 4.78 is 24.2. The summed E-state index contributed by atoms with van der Waals surface area (Å²) in [5.74, 6) is 4.00. The van der Waals surface area contributed by atoms with Crippen molar-refractivity contribution in [1.29, 1.82) is 0 Å². The van der Waals surface area contributed by atoms with Crippen LogP contribution in [-0.2, 0) is 58.1 Å². The van der Waals surface area contributed by atoms with Crippen molar-refractivity contribution in [3.05, 3.63) is 52.8 Å². The molecule has 5 aliphatic rings. The molecule has 8 heterocycles. The number of cyclic esters (lactones) is 1. The quantitative estimate of drug-likeness (QED) is 0.193. The van der Waals surface area contributed by atoms with Gasteiger partial charge >= 0.3 is 5.97 Å². The van der Waals surface area contributed by atoms with E-state index in [2.05, 4.69) is 64.1 Å². The van der Waals surface area contributed by atoms with Crippen LogP contribution in [0.25, 0.3) is 33.5 Å². The summed E-state index contributed by atoms with van der Waals surface area (Å²) >= 11 is 1.16. The summed E-state index contributed by atoms with van der Waals surface area (Å²) in [4.78, 5) is 85.6. The van der Waals surface area contributed by atoms with Gasteiger partial charge in [-0.3, -0.25) is 38.9 Å². The maximum Gasteiger partial charge on any atom is 0.324 e. The van der Waals surface area contributed by atoms with E-state index in [1.54, 1.807) is 23.1 Å². The normalized spacial score (nSPS) is 22.6. The Balaban J connectivity index is 0.993. The number of ether oxygens (including phenoxy) is 3. The number of nitrogens with one attached hydrogen (secondary N) is 2. The van der Waals surface area contributed by atoms with E-state index in [1.807, 2.05) is 40.0 Å². The number of rotatable bonds is 8. The molecule has 3 aromatic heterocycles. The first-order valence-corrected chi connectivity index (χ1v) is 25.2. The monoisotopic (exact) mass is 976 g/mol. The zero-order valence-corrected chi connectivity index (χ0v) is 42.0. The van der Waals surface area contributed by atoms with E-state index in [0.717, 1.165) is 63.6 Å². The molecule has 1 aromatic carbocycles. The Bertz CT molecular complexity index is 2730. The van der Waals surface area contributed by atoms with Crippen molar-refractivity contribution in [3.8, 4) is 34.5 Å². The van der Waals surface area contributed by atoms with Gasteiger partial charge in [-0.15, -0.1) is 0 Å². The number of carbonyl (C=O) groups excluding carboxylic acids is 5. The first-order chi connectivity index (χ1) is 33.6. The third-order valence-corrected chi connectivity index (χ3v) is 15.2. The Labute approximate surface area is 412 Å². The molecule has 2 N–H and O–H groups in total. The number of amides is 4. The average molecular weight is 977 g/mol. The van der Waals surface area contributed by atoms with Gasteiger partial charge in [0.25, 0.3) is 11.8 Å². The highest BCUT2D eigenvalue weighted by molar-refractivity contribution is 7.05. The number of fused-ring (bicyclic) bond motifs is 6. The van der Waals surface area contributed by atoms with Crippen LogP contribution in [-0.4, -0.2) is 159 Å². The summed E-state index contributed by atoms with van der Waals surface area (Å²) in [6, 6.07) is 7.31. The fraction of sp³-hybridized carbons (Fsp3) is 0.569. The molecule has 70 heavy (non-hydrogen) atoms. The molecule has 4 atom stereocenters. The highest BCUT2D eigenvalue weighted by atomic mass is 32.1. The molecule has 0 aliphatic carbocycles. The van der Waals surface area contributed by atoms with E-state index in [9.17, 15) is 24.0 Å². The van der Waals surface area contributed by atoms with Gasteiger partial charge in [-0.2, -0.15) is 4.37 Å². The molecule has 19 heteroatoms. The number of aromatic nitrogens is 4. The molecule has 6 bridgehead atoms. The predicted octanol–water partition coefficient (Wildman–Crippen LogP) is 3.54. The minimum absolute atomic E-state index is 0.0144. The van der Waals surface area contributed by atoms with Crippen LogP contribution in [0.4, 0.5) is 0 Å². The number of hydrazine groups is 1. The minimum Gasteiger partial charge on any atom is -0.464 e. The van der Waals surface area contributed by atoms with Gasteiger partial charge in [-0.05, 0) is 91.9 Å². The number of pyridine rings is 1. The molecule has 4 aromatic rings. The lowest BCUT2D eigenvalue weighted by Crippen LogP contribution is -2.64.